The van der Waals surface area contributed by atoms with Crippen LogP contribution in [-0.2, 0) is 9.53 Å². The van der Waals surface area contributed by atoms with E-state index in [1.165, 1.54) is 6.92 Å². The number of carbonyl (C=O) groups is 1. The van der Waals surface area contributed by atoms with E-state index in [2.05, 4.69) is 0 Å². The SMILES string of the molecule is CC[C@H](OC(C)=O)c1cccs1. The van der Waals surface area contributed by atoms with Gasteiger partial charge in [0.25, 0.3) is 0 Å². The summed E-state index contributed by atoms with van der Waals surface area (Å²) in [5.41, 5.74) is 0. The third-order valence-corrected chi connectivity index (χ3v) is 2.50. The molecule has 0 aromatic carbocycles. The van der Waals surface area contributed by atoms with Gasteiger partial charge in [-0.3, -0.25) is 4.79 Å². The van der Waals surface area contributed by atoms with Crippen LogP contribution >= 0.6 is 11.3 Å². The molecule has 0 fully saturated rings. The molecule has 0 N–H and O–H groups in total. The number of thiophene rings is 1. The predicted molar refractivity (Wildman–Crippen MR) is 49.1 cm³/mol. The van der Waals surface area contributed by atoms with Gasteiger partial charge >= 0.3 is 5.97 Å². The monoisotopic (exact) mass is 184 g/mol. The minimum absolute atomic E-state index is 0.0532. The number of rotatable bonds is 3. The van der Waals surface area contributed by atoms with Crippen molar-refractivity contribution >= 4 is 17.3 Å². The van der Waals surface area contributed by atoms with Crippen LogP contribution in [0.2, 0.25) is 0 Å². The van der Waals surface area contributed by atoms with Crippen LogP contribution in [-0.4, -0.2) is 5.97 Å². The van der Waals surface area contributed by atoms with Gasteiger partial charge in [0.15, 0.2) is 0 Å². The van der Waals surface area contributed by atoms with E-state index < -0.39 is 0 Å². The lowest BCUT2D eigenvalue weighted by molar-refractivity contribution is -0.146. The largest absolute Gasteiger partial charge is 0.457 e. The van der Waals surface area contributed by atoms with E-state index in [1.54, 1.807) is 11.3 Å². The zero-order valence-corrected chi connectivity index (χ0v) is 8.06. The maximum absolute atomic E-state index is 10.7. The highest BCUT2D eigenvalue weighted by Gasteiger charge is 2.12. The van der Waals surface area contributed by atoms with Gasteiger partial charge in [-0.05, 0) is 17.9 Å². The minimum atomic E-state index is -0.213. The fourth-order valence-corrected chi connectivity index (χ4v) is 1.86. The molecule has 2 nitrogen and oxygen atoms in total. The Morgan fingerprint density at radius 1 is 1.75 bits per heavy atom. The Bertz CT molecular complexity index is 241. The van der Waals surface area contributed by atoms with Gasteiger partial charge in [-0.1, -0.05) is 13.0 Å². The zero-order valence-electron chi connectivity index (χ0n) is 7.24. The lowest BCUT2D eigenvalue weighted by Gasteiger charge is -2.12. The van der Waals surface area contributed by atoms with E-state index in [0.29, 0.717) is 0 Å². The Kier molecular flexibility index (Phi) is 3.29. The molecule has 0 saturated heterocycles. The molecule has 0 bridgehead atoms. The summed E-state index contributed by atoms with van der Waals surface area (Å²) in [5, 5.41) is 1.99. The standard InChI is InChI=1S/C9H12O2S/c1-3-8(11-7(2)10)9-5-4-6-12-9/h4-6,8H,3H2,1-2H3/t8-/m0/s1. The Morgan fingerprint density at radius 3 is 2.92 bits per heavy atom. The molecule has 1 heterocycles. The van der Waals surface area contributed by atoms with Crippen LogP contribution in [0, 0.1) is 0 Å². The number of hydrogen-bond donors (Lipinski definition) is 0. The van der Waals surface area contributed by atoms with E-state index in [1.807, 2.05) is 24.4 Å². The van der Waals surface area contributed by atoms with Crippen LogP contribution in [0.1, 0.15) is 31.2 Å². The molecule has 0 radical (unpaired) electrons. The Hall–Kier alpha value is -0.830. The highest BCUT2D eigenvalue weighted by molar-refractivity contribution is 7.10. The molecule has 3 heteroatoms. The van der Waals surface area contributed by atoms with Crippen LogP contribution in [0.25, 0.3) is 0 Å². The molecule has 1 aromatic heterocycles. The average molecular weight is 184 g/mol. The first-order valence-corrected chi connectivity index (χ1v) is 4.82. The fourth-order valence-electron chi connectivity index (χ4n) is 1.02. The number of esters is 1. The lowest BCUT2D eigenvalue weighted by atomic mass is 10.2. The second-order valence-electron chi connectivity index (χ2n) is 2.52. The van der Waals surface area contributed by atoms with Gasteiger partial charge in [0.1, 0.15) is 6.10 Å². The van der Waals surface area contributed by atoms with Crippen molar-refractivity contribution in [2.24, 2.45) is 0 Å². The molecule has 0 aliphatic rings. The Labute approximate surface area is 76.2 Å². The minimum Gasteiger partial charge on any atom is -0.457 e. The van der Waals surface area contributed by atoms with Crippen molar-refractivity contribution in [1.29, 1.82) is 0 Å². The number of hydrogen-bond acceptors (Lipinski definition) is 3. The molecule has 1 aromatic rings. The fraction of sp³-hybridized carbons (Fsp3) is 0.444. The summed E-state index contributed by atoms with van der Waals surface area (Å²) in [7, 11) is 0. The number of ether oxygens (including phenoxy) is 1. The molecule has 0 unspecified atom stereocenters. The van der Waals surface area contributed by atoms with Gasteiger partial charge in [0, 0.05) is 11.8 Å². The van der Waals surface area contributed by atoms with Crippen LogP contribution in [0.15, 0.2) is 17.5 Å². The molecule has 0 aliphatic carbocycles. The maximum atomic E-state index is 10.7. The van der Waals surface area contributed by atoms with Crippen LogP contribution in [0.4, 0.5) is 0 Å². The van der Waals surface area contributed by atoms with Gasteiger partial charge < -0.3 is 4.74 Å². The molecular weight excluding hydrogens is 172 g/mol. The van der Waals surface area contributed by atoms with E-state index in [0.717, 1.165) is 11.3 Å². The van der Waals surface area contributed by atoms with E-state index in [9.17, 15) is 4.79 Å². The molecule has 1 atom stereocenters. The first-order chi connectivity index (χ1) is 5.74. The van der Waals surface area contributed by atoms with Crippen molar-refractivity contribution in [1.82, 2.24) is 0 Å². The third-order valence-electron chi connectivity index (χ3n) is 1.54. The maximum Gasteiger partial charge on any atom is 0.303 e. The van der Waals surface area contributed by atoms with Crippen molar-refractivity contribution in [2.75, 3.05) is 0 Å². The molecule has 0 aliphatic heterocycles. The van der Waals surface area contributed by atoms with Crippen LogP contribution in [0.5, 0.6) is 0 Å². The van der Waals surface area contributed by atoms with Gasteiger partial charge in [0.2, 0.25) is 0 Å². The smallest absolute Gasteiger partial charge is 0.303 e. The molecule has 0 saturated carbocycles. The third kappa shape index (κ3) is 2.34. The summed E-state index contributed by atoms with van der Waals surface area (Å²) in [6.45, 7) is 3.45. The Balaban J connectivity index is 2.63. The Morgan fingerprint density at radius 2 is 2.50 bits per heavy atom. The van der Waals surface area contributed by atoms with Crippen molar-refractivity contribution in [3.63, 3.8) is 0 Å². The molecule has 0 spiro atoms. The number of carbonyl (C=O) groups excluding carboxylic acids is 1. The van der Waals surface area contributed by atoms with E-state index in [4.69, 9.17) is 4.74 Å². The predicted octanol–water partition coefficient (Wildman–Crippen LogP) is 2.76. The average Bonchev–Trinajstić information content (AvgIpc) is 2.51. The van der Waals surface area contributed by atoms with Gasteiger partial charge in [-0.15, -0.1) is 11.3 Å². The lowest BCUT2D eigenvalue weighted by Crippen LogP contribution is -2.05. The zero-order chi connectivity index (χ0) is 8.97. The quantitative estimate of drug-likeness (QED) is 0.675. The highest BCUT2D eigenvalue weighted by Crippen LogP contribution is 2.25. The summed E-state index contributed by atoms with van der Waals surface area (Å²) in [6.07, 6.45) is 0.780. The molecular formula is C9H12O2S. The second-order valence-corrected chi connectivity index (χ2v) is 3.50. The van der Waals surface area contributed by atoms with Crippen LogP contribution in [0.3, 0.4) is 0 Å². The summed E-state index contributed by atoms with van der Waals surface area (Å²) < 4.78 is 5.12. The van der Waals surface area contributed by atoms with Crippen molar-refractivity contribution < 1.29 is 9.53 Å². The van der Waals surface area contributed by atoms with Gasteiger partial charge in [0.05, 0.1) is 0 Å². The summed E-state index contributed by atoms with van der Waals surface area (Å²) in [6, 6.07) is 3.95. The topological polar surface area (TPSA) is 26.3 Å². The first kappa shape index (κ1) is 9.26. The van der Waals surface area contributed by atoms with Gasteiger partial charge in [-0.25, -0.2) is 0 Å². The summed E-state index contributed by atoms with van der Waals surface area (Å²) in [5.74, 6) is -0.213. The molecule has 1 rings (SSSR count). The molecule has 0 amide bonds. The molecule has 12 heavy (non-hydrogen) atoms. The van der Waals surface area contributed by atoms with Crippen molar-refractivity contribution in [3.8, 4) is 0 Å². The normalized spacial score (nSPS) is 12.5. The first-order valence-electron chi connectivity index (χ1n) is 3.94. The second kappa shape index (κ2) is 4.26. The van der Waals surface area contributed by atoms with Gasteiger partial charge in [-0.2, -0.15) is 0 Å². The van der Waals surface area contributed by atoms with E-state index in [-0.39, 0.29) is 12.1 Å². The van der Waals surface area contributed by atoms with E-state index >= 15 is 0 Å². The summed E-state index contributed by atoms with van der Waals surface area (Å²) in [4.78, 5) is 11.8. The van der Waals surface area contributed by atoms with Crippen molar-refractivity contribution in [2.45, 2.75) is 26.4 Å². The highest BCUT2D eigenvalue weighted by atomic mass is 32.1. The van der Waals surface area contributed by atoms with Crippen molar-refractivity contribution in [3.05, 3.63) is 22.4 Å². The molecule has 66 valence electrons. The van der Waals surface area contributed by atoms with Crippen LogP contribution < -0.4 is 0 Å². The summed E-state index contributed by atoms with van der Waals surface area (Å²) >= 11 is 1.62.